The van der Waals surface area contributed by atoms with Gasteiger partial charge in [0, 0.05) is 32.7 Å². The first-order valence-corrected chi connectivity index (χ1v) is 12.6. The molecule has 1 saturated heterocycles. The third-order valence-electron chi connectivity index (χ3n) is 6.88. The predicted octanol–water partition coefficient (Wildman–Crippen LogP) is 5.02. The highest BCUT2D eigenvalue weighted by molar-refractivity contribution is 7.07. The maximum atomic E-state index is 13.3. The van der Waals surface area contributed by atoms with E-state index >= 15 is 0 Å². The number of piperazine rings is 1. The normalized spacial score (nSPS) is 16.5. The zero-order chi connectivity index (χ0) is 23.1. The number of hydrogen-bond acceptors (Lipinski definition) is 5. The fourth-order valence-electron chi connectivity index (χ4n) is 5.11. The molecule has 0 aliphatic carbocycles. The average Bonchev–Trinajstić information content (AvgIpc) is 3.48. The maximum absolute atomic E-state index is 13.3. The first kappa shape index (κ1) is 21.1. The molecule has 0 unspecified atom stereocenters. The van der Waals surface area contributed by atoms with E-state index in [2.05, 4.69) is 52.3 Å². The summed E-state index contributed by atoms with van der Waals surface area (Å²) >= 11 is 1.57. The quantitative estimate of drug-likeness (QED) is 0.387. The van der Waals surface area contributed by atoms with Crippen LogP contribution in [0.15, 0.2) is 77.5 Å². The molecule has 0 atom stereocenters. The monoisotopic (exact) mass is 467 g/mol. The summed E-state index contributed by atoms with van der Waals surface area (Å²) in [5, 5.41) is 6.54. The van der Waals surface area contributed by atoms with Gasteiger partial charge in [-0.25, -0.2) is 0 Å². The van der Waals surface area contributed by atoms with Crippen LogP contribution in [0.2, 0.25) is 0 Å². The SMILES string of the molecule is O=C1c2cccc(N3CCN(Cc4cccc5ccccc45)CC3)c2C(=O)N1Cc1ccsc1. The topological polar surface area (TPSA) is 43.9 Å². The highest BCUT2D eigenvalue weighted by Gasteiger charge is 2.38. The van der Waals surface area contributed by atoms with E-state index in [9.17, 15) is 9.59 Å². The molecule has 6 heteroatoms. The third-order valence-corrected chi connectivity index (χ3v) is 7.62. The molecule has 5 nitrogen and oxygen atoms in total. The Labute approximate surface area is 202 Å². The first-order valence-electron chi connectivity index (χ1n) is 11.6. The molecule has 2 amide bonds. The number of imide groups is 1. The number of carbonyl (C=O) groups is 2. The maximum Gasteiger partial charge on any atom is 0.263 e. The van der Waals surface area contributed by atoms with Crippen LogP contribution in [0.5, 0.6) is 0 Å². The number of nitrogens with zero attached hydrogens (tertiary/aromatic N) is 3. The molecular weight excluding hydrogens is 442 g/mol. The Balaban J connectivity index is 1.19. The summed E-state index contributed by atoms with van der Waals surface area (Å²) < 4.78 is 0. The fourth-order valence-corrected chi connectivity index (χ4v) is 5.77. The smallest absolute Gasteiger partial charge is 0.263 e. The number of anilines is 1. The molecule has 34 heavy (non-hydrogen) atoms. The van der Waals surface area contributed by atoms with E-state index < -0.39 is 0 Å². The fraction of sp³-hybridized carbons (Fsp3) is 0.214. The summed E-state index contributed by atoms with van der Waals surface area (Å²) in [4.78, 5) is 32.4. The van der Waals surface area contributed by atoms with Crippen molar-refractivity contribution in [2.24, 2.45) is 0 Å². The highest BCUT2D eigenvalue weighted by Crippen LogP contribution is 2.33. The van der Waals surface area contributed by atoms with Gasteiger partial charge in [0.2, 0.25) is 0 Å². The second-order valence-corrected chi connectivity index (χ2v) is 9.71. The van der Waals surface area contributed by atoms with Crippen molar-refractivity contribution < 1.29 is 9.59 Å². The molecule has 0 saturated carbocycles. The van der Waals surface area contributed by atoms with Crippen LogP contribution in [-0.4, -0.2) is 47.8 Å². The van der Waals surface area contributed by atoms with Crippen LogP contribution in [0.1, 0.15) is 31.8 Å². The zero-order valence-electron chi connectivity index (χ0n) is 18.8. The van der Waals surface area contributed by atoms with Gasteiger partial charge in [-0.3, -0.25) is 19.4 Å². The van der Waals surface area contributed by atoms with Gasteiger partial charge in [-0.05, 0) is 50.9 Å². The minimum absolute atomic E-state index is 0.181. The van der Waals surface area contributed by atoms with Crippen LogP contribution in [0, 0.1) is 0 Å². The summed E-state index contributed by atoms with van der Waals surface area (Å²) in [5.41, 5.74) is 4.30. The van der Waals surface area contributed by atoms with Gasteiger partial charge in [0.05, 0.1) is 23.4 Å². The molecule has 1 fully saturated rings. The molecule has 3 aromatic carbocycles. The van der Waals surface area contributed by atoms with Gasteiger partial charge >= 0.3 is 0 Å². The number of carbonyl (C=O) groups excluding carboxylic acids is 2. The van der Waals surface area contributed by atoms with E-state index in [0.29, 0.717) is 17.7 Å². The number of benzene rings is 3. The Kier molecular flexibility index (Phi) is 5.40. The Morgan fingerprint density at radius 1 is 0.765 bits per heavy atom. The molecule has 0 spiro atoms. The van der Waals surface area contributed by atoms with E-state index in [0.717, 1.165) is 44.0 Å². The summed E-state index contributed by atoms with van der Waals surface area (Å²) in [7, 11) is 0. The van der Waals surface area contributed by atoms with E-state index in [4.69, 9.17) is 0 Å². The van der Waals surface area contributed by atoms with Crippen molar-refractivity contribution in [2.45, 2.75) is 13.1 Å². The van der Waals surface area contributed by atoms with Crippen molar-refractivity contribution in [1.82, 2.24) is 9.80 Å². The number of rotatable bonds is 5. The summed E-state index contributed by atoms with van der Waals surface area (Å²) in [6.45, 7) is 4.71. The predicted molar refractivity (Wildman–Crippen MR) is 136 cm³/mol. The lowest BCUT2D eigenvalue weighted by Crippen LogP contribution is -2.46. The summed E-state index contributed by atoms with van der Waals surface area (Å²) in [6.07, 6.45) is 0. The minimum atomic E-state index is -0.192. The van der Waals surface area contributed by atoms with Crippen LogP contribution in [0.25, 0.3) is 10.8 Å². The van der Waals surface area contributed by atoms with Crippen LogP contribution in [-0.2, 0) is 13.1 Å². The molecule has 0 radical (unpaired) electrons. The van der Waals surface area contributed by atoms with Crippen molar-refractivity contribution in [3.8, 4) is 0 Å². The van der Waals surface area contributed by atoms with E-state index in [1.54, 1.807) is 17.4 Å². The molecule has 6 rings (SSSR count). The summed E-state index contributed by atoms with van der Waals surface area (Å²) in [6, 6.07) is 22.7. The second-order valence-electron chi connectivity index (χ2n) is 8.93. The molecule has 0 bridgehead atoms. The van der Waals surface area contributed by atoms with Crippen molar-refractivity contribution in [1.29, 1.82) is 0 Å². The second kappa shape index (κ2) is 8.70. The minimum Gasteiger partial charge on any atom is -0.368 e. The molecule has 170 valence electrons. The number of amides is 2. The largest absolute Gasteiger partial charge is 0.368 e. The molecule has 1 aromatic heterocycles. The van der Waals surface area contributed by atoms with Crippen molar-refractivity contribution in [3.63, 3.8) is 0 Å². The third kappa shape index (κ3) is 3.69. The Bertz CT molecular complexity index is 1370. The average molecular weight is 468 g/mol. The highest BCUT2D eigenvalue weighted by atomic mass is 32.1. The molecule has 2 aliphatic rings. The first-order chi connectivity index (χ1) is 16.7. The summed E-state index contributed by atoms with van der Waals surface area (Å²) in [5.74, 6) is -0.373. The van der Waals surface area contributed by atoms with E-state index in [-0.39, 0.29) is 11.8 Å². The molecule has 0 N–H and O–H groups in total. The van der Waals surface area contributed by atoms with Crippen LogP contribution >= 0.6 is 11.3 Å². The van der Waals surface area contributed by atoms with Gasteiger partial charge in [-0.2, -0.15) is 11.3 Å². The Morgan fingerprint density at radius 3 is 2.38 bits per heavy atom. The lowest BCUT2D eigenvalue weighted by atomic mass is 10.0. The lowest BCUT2D eigenvalue weighted by Gasteiger charge is -2.37. The lowest BCUT2D eigenvalue weighted by molar-refractivity contribution is 0.0642. The molecule has 4 aromatic rings. The Morgan fingerprint density at radius 2 is 1.56 bits per heavy atom. The van der Waals surface area contributed by atoms with Gasteiger partial charge in [-0.1, -0.05) is 48.5 Å². The van der Waals surface area contributed by atoms with Crippen LogP contribution in [0.4, 0.5) is 5.69 Å². The van der Waals surface area contributed by atoms with Gasteiger partial charge < -0.3 is 4.90 Å². The molecule has 2 aliphatic heterocycles. The van der Waals surface area contributed by atoms with E-state index in [1.807, 2.05) is 29.0 Å². The number of thiophene rings is 1. The van der Waals surface area contributed by atoms with Gasteiger partial charge in [0.1, 0.15) is 0 Å². The zero-order valence-corrected chi connectivity index (χ0v) is 19.6. The van der Waals surface area contributed by atoms with Gasteiger partial charge in [0.15, 0.2) is 0 Å². The van der Waals surface area contributed by atoms with Gasteiger partial charge in [0.25, 0.3) is 11.8 Å². The van der Waals surface area contributed by atoms with Crippen molar-refractivity contribution in [3.05, 3.63) is 99.7 Å². The standard InChI is InChI=1S/C28H25N3O2S/c32-27-24-9-4-10-25(26(24)28(33)31(27)17-20-11-16-34-19-20)30-14-12-29(13-15-30)18-22-7-3-6-21-5-1-2-8-23(21)22/h1-11,16,19H,12-15,17-18H2. The Hall–Kier alpha value is -3.48. The number of hydrogen-bond donors (Lipinski definition) is 0. The van der Waals surface area contributed by atoms with Gasteiger partial charge in [-0.15, -0.1) is 0 Å². The molecule has 3 heterocycles. The van der Waals surface area contributed by atoms with Crippen LogP contribution < -0.4 is 4.90 Å². The van der Waals surface area contributed by atoms with Crippen molar-refractivity contribution in [2.75, 3.05) is 31.1 Å². The number of fused-ring (bicyclic) bond motifs is 2. The van der Waals surface area contributed by atoms with Crippen LogP contribution in [0.3, 0.4) is 0 Å². The van der Waals surface area contributed by atoms with E-state index in [1.165, 1.54) is 21.2 Å². The molecular formula is C28H25N3O2S. The van der Waals surface area contributed by atoms with Crippen molar-refractivity contribution >= 4 is 39.6 Å².